The van der Waals surface area contributed by atoms with Crippen molar-refractivity contribution in [2.75, 3.05) is 6.61 Å². The minimum atomic E-state index is -4.01. The van der Waals surface area contributed by atoms with Gasteiger partial charge in [0.2, 0.25) is 0 Å². The molecule has 0 heterocycles. The maximum atomic E-state index is 12.4. The molecule has 14 saturated carbocycles. The standard InChI is InChI=1S/C12H24.C11H22O.C10H18O2.3C9H18O.C8H13F3.2C8H16O.2C8H16.C7H12O2.2C7H14/c1-4-5-11-6-8-12(9-7-11)10(2)3;1-10(2,3)9-5-7-11(4,12)8-6-9;1-7(2)8-3-5-9(6-4-8)10(11)12;1-9(2,3)7-4-5-8(10)6-7;1-7(2)8-3-5-9(10)6-4-8;1-7(2)8-5-3-4-6-9(8)10;1-6(2,3)7(4-5-7)8(9,10)11;1-7(2,3)8(6-9)4-5-8;1-6(2)7-4-3-5-8(7)9;1-8(2,3)7-5-4-6-7;1-7(2)8(3)5-4-6-8;1-5(2)7(3-4-7)6(8)9;1-7(2,3)6-4-5-6;1-6(2)7(3)4-5-7/h10-12H,4-9H2,1-3H3;9,12H,5-8H2,1-4H3;7-9H,3-6H2,1-2H3,(H,11,12);7-8,10H,4-6H2,1-3H3;2*7-10H,3-6H2,1-2H3;4-5H2,1-3H3;9H,4-6H2,1-3H3;6-9H,3-5H2,1-2H3;2*7H,4-6H2,1-3H3;5H,3-4H2,1-2H3,(H,8,9);2*6H,4-5H2,1-3H3. The van der Waals surface area contributed by atoms with Crippen LogP contribution < -0.4 is 0 Å². The van der Waals surface area contributed by atoms with Crippen LogP contribution in [0.1, 0.15) is 546 Å². The lowest BCUT2D eigenvalue weighted by atomic mass is 9.64. The van der Waals surface area contributed by atoms with Gasteiger partial charge in [-0.05, 0) is 387 Å². The monoisotopic (exact) mass is 1910 g/mol. The van der Waals surface area contributed by atoms with Crippen LogP contribution in [0.5, 0.6) is 0 Å². The molecule has 14 aliphatic rings. The zero-order valence-electron chi connectivity index (χ0n) is 96.1. The topological polar surface area (TPSA) is 196 Å². The summed E-state index contributed by atoms with van der Waals surface area (Å²) in [6.45, 7) is 84.5. The van der Waals surface area contributed by atoms with Crippen molar-refractivity contribution in [3.05, 3.63) is 0 Å². The van der Waals surface area contributed by atoms with Crippen LogP contribution in [0.4, 0.5) is 13.2 Å². The quantitative estimate of drug-likeness (QED) is 0.0879. The van der Waals surface area contributed by atoms with Crippen LogP contribution >= 0.6 is 0 Å². The van der Waals surface area contributed by atoms with Gasteiger partial charge in [0.25, 0.3) is 0 Å². The van der Waals surface area contributed by atoms with Gasteiger partial charge in [-0.25, -0.2) is 0 Å². The first-order valence-corrected chi connectivity index (χ1v) is 56.7. The van der Waals surface area contributed by atoms with E-state index in [0.717, 1.165) is 178 Å². The third kappa shape index (κ3) is 48.5. The van der Waals surface area contributed by atoms with Crippen molar-refractivity contribution >= 4 is 11.9 Å². The Morgan fingerprint density at radius 3 is 0.866 bits per heavy atom. The van der Waals surface area contributed by atoms with Crippen molar-refractivity contribution in [1.29, 1.82) is 0 Å². The molecule has 13 heteroatoms. The molecule has 14 fully saturated rings. The van der Waals surface area contributed by atoms with Crippen molar-refractivity contribution in [3.63, 3.8) is 0 Å². The first kappa shape index (κ1) is 130. The molecule has 0 aromatic rings. The third-order valence-corrected chi connectivity index (χ3v) is 37.5. The average Bonchev–Trinajstić information content (AvgIpc) is 1.56. The SMILES string of the molecule is CC(C)(C)C1(C(F)(F)F)CC1.CC(C)(C)C1(CO)CC1.CC(C)(C)C1CC1.CC(C)(C)C1CCC(O)C1.CC(C)(C)C1CCC1.CC(C)C1(C(=O)O)CC1.CC(C)C1(C)CC1.CC(C)C1(C)CCC1.CC(C)C1CCC(C(=O)O)CC1.CC(C)C1CCC(O)CC1.CC(C)C1CCCC1O.CC(C)C1CCCCC1O.CC1(O)CCC(C(C)(C)C)CC1.CCCC1CCC(C(C)C)CC1. The highest BCUT2D eigenvalue weighted by atomic mass is 19.4. The number of halogens is 3. The number of carboxylic acid groups (broad SMARTS) is 2. The number of rotatable bonds is 13. The summed E-state index contributed by atoms with van der Waals surface area (Å²) in [5, 5.41) is 73.6. The lowest BCUT2D eigenvalue weighted by Crippen LogP contribution is -2.36. The zero-order chi connectivity index (χ0) is 104. The average molecular weight is 1910 g/mol. The Labute approximate surface area is 831 Å². The largest absolute Gasteiger partial charge is 0.481 e. The second kappa shape index (κ2) is 58.0. The molecule has 134 heavy (non-hydrogen) atoms. The number of aliphatic carboxylic acids is 2. The van der Waals surface area contributed by atoms with Crippen LogP contribution in [-0.4, -0.2) is 95.6 Å². The summed E-state index contributed by atoms with van der Waals surface area (Å²) >= 11 is 0. The molecule has 0 aromatic heterocycles. The third-order valence-electron chi connectivity index (χ3n) is 37.5. The molecule has 0 aromatic carbocycles. The van der Waals surface area contributed by atoms with Crippen molar-refractivity contribution in [1.82, 2.24) is 0 Å². The van der Waals surface area contributed by atoms with Gasteiger partial charge in [-0.3, -0.25) is 9.59 Å². The van der Waals surface area contributed by atoms with E-state index in [2.05, 4.69) is 222 Å². The molecule has 0 aliphatic heterocycles. The minimum absolute atomic E-state index is 0.00463. The molecular weight excluding hydrogens is 1670 g/mol. The van der Waals surface area contributed by atoms with Crippen LogP contribution in [0.2, 0.25) is 0 Å². The van der Waals surface area contributed by atoms with Gasteiger partial charge in [0, 0.05) is 6.61 Å². The lowest BCUT2D eigenvalue weighted by Gasteiger charge is -2.42. The second-order valence-electron chi connectivity index (χ2n) is 56.4. The number of hydrogen-bond donors (Lipinski definition) is 8. The highest BCUT2D eigenvalue weighted by Gasteiger charge is 2.68. The Kier molecular flexibility index (Phi) is 56.5. The number of carboxylic acids is 2. The molecule has 800 valence electrons. The van der Waals surface area contributed by atoms with Crippen LogP contribution in [0.15, 0.2) is 0 Å². The molecule has 6 atom stereocenters. The van der Waals surface area contributed by atoms with E-state index in [1.165, 1.54) is 180 Å². The molecule has 0 bridgehead atoms. The van der Waals surface area contributed by atoms with Crippen molar-refractivity contribution < 1.29 is 63.6 Å². The highest BCUT2D eigenvalue weighted by molar-refractivity contribution is 5.78. The van der Waals surface area contributed by atoms with Crippen LogP contribution in [0.25, 0.3) is 0 Å². The van der Waals surface area contributed by atoms with Crippen LogP contribution in [-0.2, 0) is 9.59 Å². The summed E-state index contributed by atoms with van der Waals surface area (Å²) in [7, 11) is 0. The van der Waals surface area contributed by atoms with Gasteiger partial charge < -0.3 is 40.9 Å². The molecule has 0 radical (unpaired) electrons. The Morgan fingerprint density at radius 1 is 0.351 bits per heavy atom. The van der Waals surface area contributed by atoms with E-state index in [0.29, 0.717) is 76.1 Å². The smallest absolute Gasteiger partial charge is 0.395 e. The first-order chi connectivity index (χ1) is 61.1. The number of hydrogen-bond acceptors (Lipinski definition) is 8. The number of aliphatic hydroxyl groups excluding tert-OH is 5. The van der Waals surface area contributed by atoms with E-state index >= 15 is 0 Å². The van der Waals surface area contributed by atoms with Gasteiger partial charge >= 0.3 is 18.1 Å². The lowest BCUT2D eigenvalue weighted by molar-refractivity contribution is -0.215. The van der Waals surface area contributed by atoms with Gasteiger partial charge in [-0.15, -0.1) is 0 Å². The van der Waals surface area contributed by atoms with Gasteiger partial charge in [0.05, 0.1) is 46.8 Å². The summed E-state index contributed by atoms with van der Waals surface area (Å²) in [5.41, 5.74) is 1.38. The van der Waals surface area contributed by atoms with E-state index in [-0.39, 0.29) is 46.8 Å². The summed E-state index contributed by atoms with van der Waals surface area (Å²) in [4.78, 5) is 21.2. The summed E-state index contributed by atoms with van der Waals surface area (Å²) in [6, 6.07) is 0. The molecular formula is C121H235F3O10. The molecule has 0 spiro atoms. The fraction of sp³-hybridized carbons (Fsp3) is 0.983. The Bertz CT molecular complexity index is 3020. The highest BCUT2D eigenvalue weighted by Crippen LogP contribution is 2.67. The van der Waals surface area contributed by atoms with E-state index in [4.69, 9.17) is 15.3 Å². The number of alkyl halides is 3. The van der Waals surface area contributed by atoms with Crippen molar-refractivity contribution in [2.24, 2.45) is 172 Å². The Morgan fingerprint density at radius 2 is 0.694 bits per heavy atom. The molecule has 14 rings (SSSR count). The summed E-state index contributed by atoms with van der Waals surface area (Å²) in [5.74, 6) is 13.2. The van der Waals surface area contributed by atoms with Crippen LogP contribution in [0, 0.1) is 172 Å². The first-order valence-electron chi connectivity index (χ1n) is 56.7. The second-order valence-corrected chi connectivity index (χ2v) is 56.4. The normalized spacial score (nSPS) is 29.6. The Balaban J connectivity index is 0.000000723. The van der Waals surface area contributed by atoms with E-state index in [1.54, 1.807) is 20.8 Å². The van der Waals surface area contributed by atoms with Gasteiger partial charge in [-0.1, -0.05) is 314 Å². The molecule has 6 unspecified atom stereocenters. The van der Waals surface area contributed by atoms with Crippen molar-refractivity contribution in [2.45, 2.75) is 582 Å². The fourth-order valence-corrected chi connectivity index (χ4v) is 22.2. The minimum Gasteiger partial charge on any atom is -0.481 e. The molecule has 14 aliphatic carbocycles. The van der Waals surface area contributed by atoms with Gasteiger partial charge in [0.15, 0.2) is 0 Å². The van der Waals surface area contributed by atoms with Gasteiger partial charge in [0.1, 0.15) is 0 Å². The molecule has 0 saturated heterocycles. The number of carbonyl (C=O) groups is 2. The maximum absolute atomic E-state index is 12.4. The van der Waals surface area contributed by atoms with Crippen molar-refractivity contribution in [3.8, 4) is 0 Å². The fourth-order valence-electron chi connectivity index (χ4n) is 22.2. The zero-order valence-corrected chi connectivity index (χ0v) is 96.1. The van der Waals surface area contributed by atoms with E-state index in [1.807, 2.05) is 20.8 Å². The summed E-state index contributed by atoms with van der Waals surface area (Å²) in [6.07, 6.45) is 48.8. The Hall–Kier alpha value is -1.51. The molecule has 8 N–H and O–H groups in total. The maximum Gasteiger partial charge on any atom is 0.395 e. The van der Waals surface area contributed by atoms with E-state index < -0.39 is 28.9 Å². The molecule has 10 nitrogen and oxygen atoms in total. The predicted octanol–water partition coefficient (Wildman–Crippen LogP) is 35.4. The predicted molar refractivity (Wildman–Crippen MR) is 569 cm³/mol. The van der Waals surface area contributed by atoms with Gasteiger partial charge in [-0.2, -0.15) is 13.2 Å². The number of aliphatic hydroxyl groups is 6. The molecule has 0 amide bonds. The van der Waals surface area contributed by atoms with E-state index in [9.17, 15) is 48.3 Å². The van der Waals surface area contributed by atoms with Crippen LogP contribution in [0.3, 0.4) is 0 Å². The summed E-state index contributed by atoms with van der Waals surface area (Å²) < 4.78 is 37.2.